The van der Waals surface area contributed by atoms with E-state index in [1.165, 1.54) is 13.2 Å². The lowest BCUT2D eigenvalue weighted by atomic mass is 10.1. The summed E-state index contributed by atoms with van der Waals surface area (Å²) in [5.41, 5.74) is 0.972. The first-order chi connectivity index (χ1) is 13.0. The Hall–Kier alpha value is -3.00. The molecule has 2 aromatic carbocycles. The summed E-state index contributed by atoms with van der Waals surface area (Å²) in [6.07, 6.45) is 1.42. The molecule has 0 radical (unpaired) electrons. The Kier molecular flexibility index (Phi) is 7.25. The van der Waals surface area contributed by atoms with Crippen LogP contribution in [0.1, 0.15) is 5.56 Å². The molecule has 1 N–H and O–H groups in total. The molecule has 0 aliphatic heterocycles. The second-order valence-corrected chi connectivity index (χ2v) is 6.40. The molecule has 0 bridgehead atoms. The average molecular weight is 447 g/mol. The van der Waals surface area contributed by atoms with Crippen LogP contribution in [0.3, 0.4) is 0 Å². The summed E-state index contributed by atoms with van der Waals surface area (Å²) in [6.45, 7) is -0.142. The molecular weight excluding hydrogens is 434 g/mol. The smallest absolute Gasteiger partial charge is 0.266 e. The number of anilines is 1. The van der Waals surface area contributed by atoms with Crippen LogP contribution < -0.4 is 14.8 Å². The normalized spacial score (nSPS) is 10.5. The highest BCUT2D eigenvalue weighted by Gasteiger charge is 2.14. The summed E-state index contributed by atoms with van der Waals surface area (Å²) < 4.78 is 11.1. The van der Waals surface area contributed by atoms with Gasteiger partial charge < -0.3 is 14.8 Å². The van der Waals surface area contributed by atoms with E-state index in [1.807, 2.05) is 12.1 Å². The lowest BCUT2D eigenvalue weighted by molar-refractivity contribution is -0.112. The fourth-order valence-electron chi connectivity index (χ4n) is 2.11. The number of halogens is 2. The van der Waals surface area contributed by atoms with E-state index in [4.69, 9.17) is 26.3 Å². The van der Waals surface area contributed by atoms with Crippen molar-refractivity contribution in [3.8, 4) is 23.6 Å². The van der Waals surface area contributed by atoms with Crippen LogP contribution in [0.25, 0.3) is 6.08 Å². The number of methoxy groups -OCH3 is 1. The molecule has 0 aliphatic rings. The van der Waals surface area contributed by atoms with Crippen molar-refractivity contribution in [3.63, 3.8) is 0 Å². The number of ether oxygens (including phenoxy) is 2. The molecule has 0 saturated heterocycles. The van der Waals surface area contributed by atoms with Gasteiger partial charge >= 0.3 is 0 Å². The standard InChI is InChI=1S/C19H13BrClN3O3/c1-26-17-10-12(9-16(20)18(17)27-7-6-22)8-13(11-23)19(25)24-15-4-2-14(21)3-5-15/h2-5,8-10H,7H2,1H3,(H,24,25)/b13-8-. The molecule has 0 unspecified atom stereocenters. The number of hydrogen-bond acceptors (Lipinski definition) is 5. The van der Waals surface area contributed by atoms with Crippen LogP contribution in [-0.4, -0.2) is 19.6 Å². The molecular formula is C19H13BrClN3O3. The number of carbonyl (C=O) groups excluding carboxylic acids is 1. The van der Waals surface area contributed by atoms with Crippen molar-refractivity contribution < 1.29 is 14.3 Å². The molecule has 0 heterocycles. The van der Waals surface area contributed by atoms with Crippen molar-refractivity contribution >= 4 is 45.2 Å². The van der Waals surface area contributed by atoms with E-state index in [0.717, 1.165) is 0 Å². The monoisotopic (exact) mass is 445 g/mol. The zero-order chi connectivity index (χ0) is 19.8. The van der Waals surface area contributed by atoms with Gasteiger partial charge in [0.05, 0.1) is 11.6 Å². The van der Waals surface area contributed by atoms with E-state index in [9.17, 15) is 10.1 Å². The maximum atomic E-state index is 12.3. The lowest BCUT2D eigenvalue weighted by Crippen LogP contribution is -2.13. The fraction of sp³-hybridized carbons (Fsp3) is 0.105. The number of rotatable bonds is 6. The molecule has 27 heavy (non-hydrogen) atoms. The molecule has 8 heteroatoms. The first-order valence-corrected chi connectivity index (χ1v) is 8.71. The quantitative estimate of drug-likeness (QED) is 0.518. The third-order valence-corrected chi connectivity index (χ3v) is 4.15. The van der Waals surface area contributed by atoms with Crippen molar-refractivity contribution in [2.75, 3.05) is 19.0 Å². The second-order valence-electron chi connectivity index (χ2n) is 5.11. The Labute approximate surface area is 169 Å². The van der Waals surface area contributed by atoms with Crippen LogP contribution in [0.2, 0.25) is 5.02 Å². The zero-order valence-electron chi connectivity index (χ0n) is 14.1. The van der Waals surface area contributed by atoms with Crippen LogP contribution in [0.15, 0.2) is 46.4 Å². The van der Waals surface area contributed by atoms with Crippen LogP contribution in [0.4, 0.5) is 5.69 Å². The summed E-state index contributed by atoms with van der Waals surface area (Å²) in [7, 11) is 1.45. The number of amides is 1. The second kappa shape index (κ2) is 9.63. The molecule has 1 amide bonds. The largest absolute Gasteiger partial charge is 0.493 e. The average Bonchev–Trinajstić information content (AvgIpc) is 2.66. The Balaban J connectivity index is 2.29. The Morgan fingerprint density at radius 3 is 2.59 bits per heavy atom. The molecule has 0 saturated carbocycles. The van der Waals surface area contributed by atoms with E-state index in [-0.39, 0.29) is 12.2 Å². The van der Waals surface area contributed by atoms with Crippen molar-refractivity contribution in [1.29, 1.82) is 10.5 Å². The van der Waals surface area contributed by atoms with E-state index in [1.54, 1.807) is 36.4 Å². The van der Waals surface area contributed by atoms with Crippen molar-refractivity contribution in [2.45, 2.75) is 0 Å². The zero-order valence-corrected chi connectivity index (χ0v) is 16.5. The van der Waals surface area contributed by atoms with Gasteiger partial charge in [0.2, 0.25) is 0 Å². The van der Waals surface area contributed by atoms with E-state index >= 15 is 0 Å². The molecule has 0 aromatic heterocycles. The maximum absolute atomic E-state index is 12.3. The van der Waals surface area contributed by atoms with Gasteiger partial charge in [-0.25, -0.2) is 0 Å². The molecule has 6 nitrogen and oxygen atoms in total. The fourth-order valence-corrected chi connectivity index (χ4v) is 2.81. The summed E-state index contributed by atoms with van der Waals surface area (Å²) >= 11 is 9.15. The number of nitrogens with zero attached hydrogens (tertiary/aromatic N) is 2. The van der Waals surface area contributed by atoms with Gasteiger partial charge in [0, 0.05) is 10.7 Å². The minimum Gasteiger partial charge on any atom is -0.493 e. The number of nitriles is 2. The van der Waals surface area contributed by atoms with Gasteiger partial charge in [0.15, 0.2) is 18.1 Å². The predicted molar refractivity (Wildman–Crippen MR) is 105 cm³/mol. The molecule has 136 valence electrons. The Bertz CT molecular complexity index is 960. The highest BCUT2D eigenvalue weighted by Crippen LogP contribution is 2.37. The predicted octanol–water partition coefficient (Wildman–Crippen LogP) is 4.56. The number of hydrogen-bond donors (Lipinski definition) is 1. The van der Waals surface area contributed by atoms with Gasteiger partial charge in [0.25, 0.3) is 5.91 Å². The molecule has 0 atom stereocenters. The Morgan fingerprint density at radius 2 is 2.00 bits per heavy atom. The molecule has 2 aromatic rings. The summed E-state index contributed by atoms with van der Waals surface area (Å²) in [4.78, 5) is 12.3. The van der Waals surface area contributed by atoms with Crippen LogP contribution in [0.5, 0.6) is 11.5 Å². The molecule has 2 rings (SSSR count). The minimum absolute atomic E-state index is 0.0930. The summed E-state index contributed by atoms with van der Waals surface area (Å²) in [5.74, 6) is 0.168. The highest BCUT2D eigenvalue weighted by molar-refractivity contribution is 9.10. The van der Waals surface area contributed by atoms with Gasteiger partial charge in [0.1, 0.15) is 17.7 Å². The number of carbonyl (C=O) groups is 1. The number of benzene rings is 2. The van der Waals surface area contributed by atoms with Gasteiger partial charge in [-0.2, -0.15) is 10.5 Å². The molecule has 0 aliphatic carbocycles. The van der Waals surface area contributed by atoms with Crippen molar-refractivity contribution in [3.05, 3.63) is 57.0 Å². The summed E-state index contributed by atoms with van der Waals surface area (Å²) in [5, 5.41) is 21.2. The topological polar surface area (TPSA) is 95.1 Å². The van der Waals surface area contributed by atoms with E-state index in [0.29, 0.717) is 32.2 Å². The van der Waals surface area contributed by atoms with Crippen molar-refractivity contribution in [1.82, 2.24) is 0 Å². The molecule has 0 fully saturated rings. The molecule has 0 spiro atoms. The Morgan fingerprint density at radius 1 is 1.30 bits per heavy atom. The van der Waals surface area contributed by atoms with Gasteiger partial charge in [-0.15, -0.1) is 0 Å². The first kappa shape index (κ1) is 20.3. The van der Waals surface area contributed by atoms with E-state index in [2.05, 4.69) is 21.2 Å². The minimum atomic E-state index is -0.556. The van der Waals surface area contributed by atoms with Gasteiger partial charge in [-0.3, -0.25) is 4.79 Å². The summed E-state index contributed by atoms with van der Waals surface area (Å²) in [6, 6.07) is 13.6. The van der Waals surface area contributed by atoms with E-state index < -0.39 is 5.91 Å². The highest BCUT2D eigenvalue weighted by atomic mass is 79.9. The van der Waals surface area contributed by atoms with Gasteiger partial charge in [-0.1, -0.05) is 11.6 Å². The van der Waals surface area contributed by atoms with Crippen molar-refractivity contribution in [2.24, 2.45) is 0 Å². The van der Waals surface area contributed by atoms with Crippen LogP contribution >= 0.6 is 27.5 Å². The number of nitrogens with one attached hydrogen (secondary N) is 1. The first-order valence-electron chi connectivity index (χ1n) is 7.54. The van der Waals surface area contributed by atoms with Crippen LogP contribution in [-0.2, 0) is 4.79 Å². The van der Waals surface area contributed by atoms with Crippen LogP contribution in [0, 0.1) is 22.7 Å². The third-order valence-electron chi connectivity index (χ3n) is 3.31. The lowest BCUT2D eigenvalue weighted by Gasteiger charge is -2.11. The SMILES string of the molecule is COc1cc(/C=C(/C#N)C(=O)Nc2ccc(Cl)cc2)cc(Br)c1OCC#N. The third kappa shape index (κ3) is 5.49. The maximum Gasteiger partial charge on any atom is 0.266 e. The van der Waals surface area contributed by atoms with Gasteiger partial charge in [-0.05, 0) is 64.0 Å².